The molecule has 2 aliphatic heterocycles. The summed E-state index contributed by atoms with van der Waals surface area (Å²) in [4.78, 5) is 39.7. The molecule has 0 bridgehead atoms. The van der Waals surface area contributed by atoms with Crippen molar-refractivity contribution in [3.05, 3.63) is 29.8 Å². The van der Waals surface area contributed by atoms with Gasteiger partial charge in [0.15, 0.2) is 0 Å². The van der Waals surface area contributed by atoms with Gasteiger partial charge in [-0.1, -0.05) is 12.1 Å². The average molecular weight is 361 g/mol. The third kappa shape index (κ3) is 4.13. The highest BCUT2D eigenvalue weighted by Gasteiger charge is 2.39. The summed E-state index contributed by atoms with van der Waals surface area (Å²) in [7, 11) is 1.60. The Balaban J connectivity index is 1.53. The summed E-state index contributed by atoms with van der Waals surface area (Å²) in [5.74, 6) is 0.277. The second kappa shape index (κ2) is 8.18. The van der Waals surface area contributed by atoms with Gasteiger partial charge in [0.25, 0.3) is 5.91 Å². The molecule has 0 aromatic heterocycles. The first-order valence-corrected chi connectivity index (χ1v) is 8.69. The number of urea groups is 1. The molecule has 1 atom stereocenters. The van der Waals surface area contributed by atoms with E-state index < -0.39 is 12.1 Å². The van der Waals surface area contributed by atoms with Crippen LogP contribution in [0.25, 0.3) is 0 Å². The fourth-order valence-electron chi connectivity index (χ4n) is 3.08. The minimum absolute atomic E-state index is 0.0103. The number of hydrogen-bond donors (Lipinski definition) is 1. The van der Waals surface area contributed by atoms with Crippen LogP contribution in [-0.2, 0) is 20.7 Å². The number of nitrogens with one attached hydrogen (secondary N) is 1. The Morgan fingerprint density at radius 2 is 1.92 bits per heavy atom. The highest BCUT2D eigenvalue weighted by molar-refractivity contribution is 6.05. The predicted octanol–water partition coefficient (Wildman–Crippen LogP) is 0.407. The third-order valence-corrected chi connectivity index (χ3v) is 4.63. The van der Waals surface area contributed by atoms with Gasteiger partial charge in [0, 0.05) is 19.6 Å². The largest absolute Gasteiger partial charge is 0.497 e. The molecule has 26 heavy (non-hydrogen) atoms. The van der Waals surface area contributed by atoms with E-state index >= 15 is 0 Å². The van der Waals surface area contributed by atoms with Gasteiger partial charge >= 0.3 is 6.03 Å². The molecule has 1 aromatic carbocycles. The summed E-state index contributed by atoms with van der Waals surface area (Å²) in [6.45, 7) is 2.33. The van der Waals surface area contributed by atoms with E-state index in [2.05, 4.69) is 5.32 Å². The fraction of sp³-hybridized carbons (Fsp3) is 0.500. The standard InChI is InChI=1S/C18H23N3O5/c1-25-14-4-2-13(3-5-14)6-7-21-17(23)15(19-18(21)24)12-16(22)20-8-10-26-11-9-20/h2-5,15H,6-12H2,1H3,(H,19,24)/t15-/m0/s1. The van der Waals surface area contributed by atoms with Gasteiger partial charge in [-0.05, 0) is 24.1 Å². The molecule has 1 aromatic rings. The topological polar surface area (TPSA) is 88.2 Å². The molecule has 2 saturated heterocycles. The molecule has 2 fully saturated rings. The van der Waals surface area contributed by atoms with E-state index in [-0.39, 0.29) is 24.8 Å². The lowest BCUT2D eigenvalue weighted by atomic mass is 10.1. The number of rotatable bonds is 6. The van der Waals surface area contributed by atoms with Gasteiger partial charge in [-0.15, -0.1) is 0 Å². The van der Waals surface area contributed by atoms with Crippen LogP contribution in [0.1, 0.15) is 12.0 Å². The number of methoxy groups -OCH3 is 1. The van der Waals surface area contributed by atoms with Crippen molar-refractivity contribution in [1.82, 2.24) is 15.1 Å². The van der Waals surface area contributed by atoms with Crippen molar-refractivity contribution in [3.8, 4) is 5.75 Å². The highest BCUT2D eigenvalue weighted by atomic mass is 16.5. The monoisotopic (exact) mass is 361 g/mol. The van der Waals surface area contributed by atoms with Crippen molar-refractivity contribution in [1.29, 1.82) is 0 Å². The molecule has 3 rings (SSSR count). The molecule has 8 heteroatoms. The number of imide groups is 1. The number of morpholine rings is 1. The van der Waals surface area contributed by atoms with Gasteiger partial charge in [-0.3, -0.25) is 14.5 Å². The molecule has 0 unspecified atom stereocenters. The smallest absolute Gasteiger partial charge is 0.324 e. The van der Waals surface area contributed by atoms with Crippen LogP contribution >= 0.6 is 0 Å². The summed E-state index contributed by atoms with van der Waals surface area (Å²) >= 11 is 0. The Bertz CT molecular complexity index is 670. The summed E-state index contributed by atoms with van der Waals surface area (Å²) in [5.41, 5.74) is 0.999. The van der Waals surface area contributed by atoms with E-state index in [1.54, 1.807) is 12.0 Å². The van der Waals surface area contributed by atoms with Crippen LogP contribution in [-0.4, -0.2) is 73.6 Å². The van der Waals surface area contributed by atoms with Crippen molar-refractivity contribution < 1.29 is 23.9 Å². The van der Waals surface area contributed by atoms with Crippen LogP contribution in [0.15, 0.2) is 24.3 Å². The number of carbonyl (C=O) groups is 3. The molecular weight excluding hydrogens is 338 g/mol. The number of hydrogen-bond acceptors (Lipinski definition) is 5. The molecule has 0 radical (unpaired) electrons. The minimum Gasteiger partial charge on any atom is -0.497 e. The van der Waals surface area contributed by atoms with Crippen LogP contribution in [0, 0.1) is 0 Å². The zero-order valence-electron chi connectivity index (χ0n) is 14.8. The second-order valence-corrected chi connectivity index (χ2v) is 6.29. The number of benzene rings is 1. The first-order chi connectivity index (χ1) is 12.6. The SMILES string of the molecule is COc1ccc(CCN2C(=O)N[C@@H](CC(=O)N3CCOCC3)C2=O)cc1. The van der Waals surface area contributed by atoms with Gasteiger partial charge in [-0.2, -0.15) is 0 Å². The average Bonchev–Trinajstić information content (AvgIpc) is 2.94. The van der Waals surface area contributed by atoms with Crippen LogP contribution < -0.4 is 10.1 Å². The van der Waals surface area contributed by atoms with Crippen molar-refractivity contribution in [2.45, 2.75) is 18.9 Å². The third-order valence-electron chi connectivity index (χ3n) is 4.63. The zero-order chi connectivity index (χ0) is 18.5. The zero-order valence-corrected chi connectivity index (χ0v) is 14.8. The van der Waals surface area contributed by atoms with E-state index in [1.807, 2.05) is 24.3 Å². The lowest BCUT2D eigenvalue weighted by molar-refractivity contribution is -0.138. The molecule has 0 spiro atoms. The van der Waals surface area contributed by atoms with Crippen LogP contribution in [0.5, 0.6) is 5.75 Å². The Hall–Kier alpha value is -2.61. The summed E-state index contributed by atoms with van der Waals surface area (Å²) in [5, 5.41) is 2.62. The quantitative estimate of drug-likeness (QED) is 0.742. The van der Waals surface area contributed by atoms with E-state index in [9.17, 15) is 14.4 Å². The normalized spacial score (nSPS) is 20.3. The maximum atomic E-state index is 12.5. The molecule has 0 saturated carbocycles. The molecule has 2 aliphatic rings. The number of carbonyl (C=O) groups excluding carboxylic acids is 3. The summed E-state index contributed by atoms with van der Waals surface area (Å²) in [6.07, 6.45) is 0.539. The lowest BCUT2D eigenvalue weighted by Crippen LogP contribution is -2.44. The fourth-order valence-corrected chi connectivity index (χ4v) is 3.08. The van der Waals surface area contributed by atoms with E-state index in [4.69, 9.17) is 9.47 Å². The predicted molar refractivity (Wildman–Crippen MR) is 92.7 cm³/mol. The van der Waals surface area contributed by atoms with Gasteiger partial charge in [0.2, 0.25) is 5.91 Å². The number of amides is 4. The first kappa shape index (κ1) is 18.2. The molecule has 8 nitrogen and oxygen atoms in total. The van der Waals surface area contributed by atoms with E-state index in [0.29, 0.717) is 32.7 Å². The molecule has 1 N–H and O–H groups in total. The van der Waals surface area contributed by atoms with Gasteiger partial charge in [0.05, 0.1) is 26.7 Å². The Labute approximate surface area is 152 Å². The van der Waals surface area contributed by atoms with Crippen molar-refractivity contribution in [2.24, 2.45) is 0 Å². The first-order valence-electron chi connectivity index (χ1n) is 8.69. The minimum atomic E-state index is -0.784. The molecular formula is C18H23N3O5. The molecule has 0 aliphatic carbocycles. The van der Waals surface area contributed by atoms with Crippen LogP contribution in [0.2, 0.25) is 0 Å². The maximum absolute atomic E-state index is 12.5. The van der Waals surface area contributed by atoms with E-state index in [0.717, 1.165) is 11.3 Å². The Morgan fingerprint density at radius 3 is 2.58 bits per heavy atom. The van der Waals surface area contributed by atoms with Crippen molar-refractivity contribution in [2.75, 3.05) is 40.0 Å². The maximum Gasteiger partial charge on any atom is 0.324 e. The van der Waals surface area contributed by atoms with Gasteiger partial charge in [-0.25, -0.2) is 4.79 Å². The summed E-state index contributed by atoms with van der Waals surface area (Å²) in [6, 6.07) is 6.25. The molecule has 140 valence electrons. The molecule has 2 heterocycles. The summed E-state index contributed by atoms with van der Waals surface area (Å²) < 4.78 is 10.3. The van der Waals surface area contributed by atoms with Gasteiger partial charge < -0.3 is 19.7 Å². The van der Waals surface area contributed by atoms with Crippen LogP contribution in [0.3, 0.4) is 0 Å². The van der Waals surface area contributed by atoms with Crippen molar-refractivity contribution in [3.63, 3.8) is 0 Å². The number of ether oxygens (including phenoxy) is 2. The second-order valence-electron chi connectivity index (χ2n) is 6.29. The van der Waals surface area contributed by atoms with Crippen LogP contribution in [0.4, 0.5) is 4.79 Å². The Kier molecular flexibility index (Phi) is 5.72. The van der Waals surface area contributed by atoms with E-state index in [1.165, 1.54) is 4.90 Å². The highest BCUT2D eigenvalue weighted by Crippen LogP contribution is 2.15. The van der Waals surface area contributed by atoms with Gasteiger partial charge in [0.1, 0.15) is 11.8 Å². The van der Waals surface area contributed by atoms with Crippen molar-refractivity contribution >= 4 is 17.8 Å². The molecule has 4 amide bonds. The lowest BCUT2D eigenvalue weighted by Gasteiger charge is -2.27. The Morgan fingerprint density at radius 1 is 1.23 bits per heavy atom. The number of nitrogens with zero attached hydrogens (tertiary/aromatic N) is 2.